The number of nitrogens with one attached hydrogen (secondary N) is 2. The van der Waals surface area contributed by atoms with E-state index in [1.165, 1.54) is 0 Å². The van der Waals surface area contributed by atoms with Crippen molar-refractivity contribution in [3.63, 3.8) is 0 Å². The van der Waals surface area contributed by atoms with Crippen molar-refractivity contribution in [2.24, 2.45) is 10.7 Å². The van der Waals surface area contributed by atoms with Crippen molar-refractivity contribution in [2.45, 2.75) is 12.1 Å². The van der Waals surface area contributed by atoms with Gasteiger partial charge in [-0.1, -0.05) is 47.5 Å². The summed E-state index contributed by atoms with van der Waals surface area (Å²) in [4.78, 5) is 4.46. The van der Waals surface area contributed by atoms with Crippen molar-refractivity contribution in [2.75, 3.05) is 13.2 Å². The minimum atomic E-state index is -0.762. The number of nitrogens with two attached hydrogens (primary N) is 1. The number of aliphatic imine (C=N–C) groups is 1. The fourth-order valence-electron chi connectivity index (χ4n) is 2.58. The molecular weight excluding hydrogens is 371 g/mol. The van der Waals surface area contributed by atoms with Crippen LogP contribution in [0.25, 0.3) is 0 Å². The highest BCUT2D eigenvalue weighted by atomic mass is 35.5. The Labute approximate surface area is 162 Å². The summed E-state index contributed by atoms with van der Waals surface area (Å²) in [6.07, 6.45) is 4.18. The van der Waals surface area contributed by atoms with Crippen LogP contribution in [0.3, 0.4) is 0 Å². The van der Waals surface area contributed by atoms with Gasteiger partial charge in [0, 0.05) is 12.6 Å². The van der Waals surface area contributed by atoms with E-state index in [0.717, 1.165) is 11.3 Å². The SMILES string of the molecule is NC1(Cc2ccc(Cl)c(Cl)c2)C=CNC(=NCCOc2ccccc2)N1. The molecule has 0 bridgehead atoms. The first-order valence-electron chi connectivity index (χ1n) is 8.22. The maximum atomic E-state index is 6.44. The van der Waals surface area contributed by atoms with Gasteiger partial charge in [-0.3, -0.25) is 0 Å². The molecule has 1 aliphatic heterocycles. The second kappa shape index (κ2) is 8.45. The van der Waals surface area contributed by atoms with Crippen LogP contribution in [0.2, 0.25) is 10.0 Å². The molecule has 0 aromatic heterocycles. The van der Waals surface area contributed by atoms with Crippen LogP contribution in [0.5, 0.6) is 5.75 Å². The molecular formula is C19H20Cl2N4O. The Hall–Kier alpha value is -2.21. The van der Waals surface area contributed by atoms with Crippen molar-refractivity contribution >= 4 is 29.2 Å². The van der Waals surface area contributed by atoms with Crippen molar-refractivity contribution < 1.29 is 4.74 Å². The predicted octanol–water partition coefficient (Wildman–Crippen LogP) is 3.33. The lowest BCUT2D eigenvalue weighted by Gasteiger charge is -2.32. The molecule has 2 aromatic carbocycles. The lowest BCUT2D eigenvalue weighted by molar-refractivity contribution is 0.328. The monoisotopic (exact) mass is 390 g/mol. The lowest BCUT2D eigenvalue weighted by atomic mass is 9.99. The van der Waals surface area contributed by atoms with Crippen LogP contribution in [-0.4, -0.2) is 24.8 Å². The second-order valence-corrected chi connectivity index (χ2v) is 6.77. The molecule has 0 amide bonds. The fraction of sp³-hybridized carbons (Fsp3) is 0.211. The van der Waals surface area contributed by atoms with Crippen LogP contribution in [0.15, 0.2) is 65.8 Å². The van der Waals surface area contributed by atoms with Gasteiger partial charge < -0.3 is 21.1 Å². The molecule has 0 radical (unpaired) electrons. The summed E-state index contributed by atoms with van der Waals surface area (Å²) in [6, 6.07) is 15.1. The number of halogens is 2. The average molecular weight is 391 g/mol. The van der Waals surface area contributed by atoms with Crippen LogP contribution in [0.1, 0.15) is 5.56 Å². The first kappa shape index (κ1) is 18.6. The number of benzene rings is 2. The Morgan fingerprint density at radius 1 is 1.08 bits per heavy atom. The molecule has 0 aliphatic carbocycles. The standard InChI is InChI=1S/C19H20Cl2N4O/c20-16-7-6-14(12-17(16)21)13-19(22)8-9-23-18(25-19)24-10-11-26-15-4-2-1-3-5-15/h1-9,12H,10-11,13,22H2,(H2,23,24,25). The van der Waals surface area contributed by atoms with E-state index in [-0.39, 0.29) is 0 Å². The van der Waals surface area contributed by atoms with Gasteiger partial charge in [0.15, 0.2) is 5.96 Å². The van der Waals surface area contributed by atoms with Gasteiger partial charge >= 0.3 is 0 Å². The van der Waals surface area contributed by atoms with Crippen molar-refractivity contribution in [1.29, 1.82) is 0 Å². The van der Waals surface area contributed by atoms with Crippen molar-refractivity contribution in [3.05, 3.63) is 76.4 Å². The third kappa shape index (κ3) is 5.14. The van der Waals surface area contributed by atoms with Crippen molar-refractivity contribution in [1.82, 2.24) is 10.6 Å². The number of nitrogens with zero attached hydrogens (tertiary/aromatic N) is 1. The molecule has 0 spiro atoms. The third-order valence-electron chi connectivity index (χ3n) is 3.81. The van der Waals surface area contributed by atoms with E-state index in [9.17, 15) is 0 Å². The fourth-order valence-corrected chi connectivity index (χ4v) is 2.90. The molecule has 1 heterocycles. The summed E-state index contributed by atoms with van der Waals surface area (Å²) < 4.78 is 5.63. The Kier molecular flexibility index (Phi) is 6.04. The quantitative estimate of drug-likeness (QED) is 0.661. The number of hydrogen-bond acceptors (Lipinski definition) is 3. The van der Waals surface area contributed by atoms with Gasteiger partial charge in [-0.25, -0.2) is 4.99 Å². The molecule has 1 aliphatic rings. The average Bonchev–Trinajstić information content (AvgIpc) is 2.63. The minimum Gasteiger partial charge on any atom is -0.492 e. The van der Waals surface area contributed by atoms with Gasteiger partial charge in [0.25, 0.3) is 0 Å². The zero-order chi connectivity index (χ0) is 18.4. The third-order valence-corrected chi connectivity index (χ3v) is 4.54. The maximum Gasteiger partial charge on any atom is 0.197 e. The Bertz CT molecular complexity index is 810. The van der Waals surface area contributed by atoms with Crippen LogP contribution in [0, 0.1) is 0 Å². The Balaban J connectivity index is 1.56. The first-order valence-corrected chi connectivity index (χ1v) is 8.97. The molecule has 4 N–H and O–H groups in total. The normalized spacial score (nSPS) is 20.5. The number of guanidine groups is 1. The van der Waals surface area contributed by atoms with Gasteiger partial charge in [-0.05, 0) is 35.9 Å². The summed E-state index contributed by atoms with van der Waals surface area (Å²) in [6.45, 7) is 0.978. The van der Waals surface area contributed by atoms with E-state index in [1.54, 1.807) is 12.3 Å². The molecule has 1 unspecified atom stereocenters. The minimum absolute atomic E-state index is 0.477. The van der Waals surface area contributed by atoms with E-state index in [1.807, 2.05) is 48.5 Å². The van der Waals surface area contributed by atoms with Crippen LogP contribution < -0.4 is 21.1 Å². The smallest absolute Gasteiger partial charge is 0.197 e. The Morgan fingerprint density at radius 2 is 1.88 bits per heavy atom. The van der Waals surface area contributed by atoms with Crippen LogP contribution in [0.4, 0.5) is 0 Å². The van der Waals surface area contributed by atoms with Gasteiger partial charge in [0.2, 0.25) is 0 Å². The summed E-state index contributed by atoms with van der Waals surface area (Å²) in [5.41, 5.74) is 6.66. The van der Waals surface area contributed by atoms with Crippen molar-refractivity contribution in [3.8, 4) is 5.75 Å². The molecule has 3 rings (SSSR count). The summed E-state index contributed by atoms with van der Waals surface area (Å²) in [5, 5.41) is 7.30. The zero-order valence-corrected chi connectivity index (χ0v) is 15.6. The predicted molar refractivity (Wildman–Crippen MR) is 107 cm³/mol. The summed E-state index contributed by atoms with van der Waals surface area (Å²) in [5.74, 6) is 1.43. The van der Waals surface area contributed by atoms with Gasteiger partial charge in [-0.2, -0.15) is 0 Å². The molecule has 0 saturated heterocycles. The Morgan fingerprint density at radius 3 is 2.65 bits per heavy atom. The number of rotatable bonds is 6. The number of hydrogen-bond donors (Lipinski definition) is 3. The molecule has 1 atom stereocenters. The van der Waals surface area contributed by atoms with E-state index >= 15 is 0 Å². The molecule has 2 aromatic rings. The number of para-hydroxylation sites is 1. The van der Waals surface area contributed by atoms with Crippen LogP contribution in [-0.2, 0) is 6.42 Å². The summed E-state index contributed by atoms with van der Waals surface area (Å²) >= 11 is 12.0. The van der Waals surface area contributed by atoms with E-state index in [0.29, 0.717) is 35.6 Å². The highest BCUT2D eigenvalue weighted by molar-refractivity contribution is 6.42. The zero-order valence-electron chi connectivity index (χ0n) is 14.1. The second-order valence-electron chi connectivity index (χ2n) is 5.96. The van der Waals surface area contributed by atoms with Gasteiger partial charge in [0.05, 0.1) is 16.6 Å². The van der Waals surface area contributed by atoms with Crippen LogP contribution >= 0.6 is 23.2 Å². The highest BCUT2D eigenvalue weighted by Crippen LogP contribution is 2.24. The highest BCUT2D eigenvalue weighted by Gasteiger charge is 2.26. The molecule has 5 nitrogen and oxygen atoms in total. The topological polar surface area (TPSA) is 71.7 Å². The largest absolute Gasteiger partial charge is 0.492 e. The van der Waals surface area contributed by atoms with Gasteiger partial charge in [-0.15, -0.1) is 0 Å². The lowest BCUT2D eigenvalue weighted by Crippen LogP contribution is -2.61. The molecule has 7 heteroatoms. The van der Waals surface area contributed by atoms with E-state index in [4.69, 9.17) is 33.7 Å². The summed E-state index contributed by atoms with van der Waals surface area (Å²) in [7, 11) is 0. The first-order chi connectivity index (χ1) is 12.5. The number of ether oxygens (including phenoxy) is 1. The molecule has 136 valence electrons. The van der Waals surface area contributed by atoms with E-state index < -0.39 is 5.66 Å². The molecule has 26 heavy (non-hydrogen) atoms. The maximum absolute atomic E-state index is 6.44. The van der Waals surface area contributed by atoms with E-state index in [2.05, 4.69) is 15.6 Å². The molecule has 0 fully saturated rings. The molecule has 0 saturated carbocycles. The van der Waals surface area contributed by atoms with Gasteiger partial charge in [0.1, 0.15) is 18.0 Å².